The van der Waals surface area contributed by atoms with Crippen molar-refractivity contribution in [1.82, 2.24) is 10.2 Å². The van der Waals surface area contributed by atoms with Gasteiger partial charge in [-0.25, -0.2) is 0 Å². The van der Waals surface area contributed by atoms with Crippen molar-refractivity contribution in [2.75, 3.05) is 26.3 Å². The molecule has 1 N–H and O–H groups in total. The molecule has 5 heteroatoms. The van der Waals surface area contributed by atoms with Crippen LogP contribution in [0.2, 0.25) is 5.02 Å². The third-order valence-electron chi connectivity index (χ3n) is 3.73. The van der Waals surface area contributed by atoms with E-state index in [9.17, 15) is 9.18 Å². The first-order valence-electron chi connectivity index (χ1n) is 6.97. The Labute approximate surface area is 124 Å². The van der Waals surface area contributed by atoms with Gasteiger partial charge >= 0.3 is 0 Å². The number of carbonyl (C=O) groups is 1. The highest BCUT2D eigenvalue weighted by Gasteiger charge is 2.20. The number of nitrogens with zero attached hydrogens (tertiary/aromatic N) is 1. The molecule has 1 aliphatic heterocycles. The van der Waals surface area contributed by atoms with Crippen LogP contribution in [-0.4, -0.2) is 37.1 Å². The first kappa shape index (κ1) is 15.3. The predicted molar refractivity (Wildman–Crippen MR) is 78.4 cm³/mol. The van der Waals surface area contributed by atoms with Gasteiger partial charge in [0.25, 0.3) is 0 Å². The Morgan fingerprint density at radius 1 is 1.35 bits per heavy atom. The van der Waals surface area contributed by atoms with Crippen molar-refractivity contribution in [3.05, 3.63) is 34.9 Å². The number of halogens is 2. The summed E-state index contributed by atoms with van der Waals surface area (Å²) in [6, 6.07) is 7.47. The minimum atomic E-state index is -0.244. The number of likely N-dealkylation sites (tertiary alicyclic amines) is 1. The zero-order valence-electron chi connectivity index (χ0n) is 11.4. The van der Waals surface area contributed by atoms with Gasteiger partial charge in [0.1, 0.15) is 0 Å². The van der Waals surface area contributed by atoms with E-state index in [1.807, 2.05) is 24.3 Å². The molecule has 0 aliphatic carbocycles. The molecule has 1 amide bonds. The van der Waals surface area contributed by atoms with Crippen LogP contribution >= 0.6 is 11.6 Å². The van der Waals surface area contributed by atoms with Gasteiger partial charge in [-0.15, -0.1) is 0 Å². The highest BCUT2D eigenvalue weighted by Crippen LogP contribution is 2.17. The van der Waals surface area contributed by atoms with Crippen molar-refractivity contribution < 1.29 is 9.18 Å². The average molecular weight is 299 g/mol. The number of nitrogens with one attached hydrogen (secondary N) is 1. The van der Waals surface area contributed by atoms with Crippen molar-refractivity contribution in [2.24, 2.45) is 5.92 Å². The zero-order valence-corrected chi connectivity index (χ0v) is 12.2. The second-order valence-corrected chi connectivity index (χ2v) is 5.65. The molecular weight excluding hydrogens is 279 g/mol. The van der Waals surface area contributed by atoms with Gasteiger partial charge in [0, 0.05) is 11.6 Å². The van der Waals surface area contributed by atoms with Gasteiger partial charge in [0.15, 0.2) is 0 Å². The van der Waals surface area contributed by atoms with Gasteiger partial charge in [-0.2, -0.15) is 0 Å². The van der Waals surface area contributed by atoms with Gasteiger partial charge in [-0.3, -0.25) is 14.1 Å². The standard InChI is InChI=1S/C15H20ClFN2O/c16-14-4-2-1-3-13(14)10-18-15(20)11-19-7-5-12(9-17)6-8-19/h1-4,12H,5-11H2,(H,18,20). The quantitative estimate of drug-likeness (QED) is 0.906. The first-order chi connectivity index (χ1) is 9.69. The van der Waals surface area contributed by atoms with E-state index in [4.69, 9.17) is 11.6 Å². The Morgan fingerprint density at radius 3 is 2.70 bits per heavy atom. The molecule has 0 aromatic heterocycles. The van der Waals surface area contributed by atoms with Crippen molar-refractivity contribution in [1.29, 1.82) is 0 Å². The number of carbonyl (C=O) groups excluding carboxylic acids is 1. The van der Waals surface area contributed by atoms with Crippen molar-refractivity contribution in [3.63, 3.8) is 0 Å². The normalized spacial score (nSPS) is 17.1. The summed E-state index contributed by atoms with van der Waals surface area (Å²) in [5.74, 6) is 0.168. The molecule has 0 bridgehead atoms. The Kier molecular flexibility index (Phi) is 5.80. The molecule has 0 unspecified atom stereocenters. The molecule has 2 rings (SSSR count). The van der Waals surface area contributed by atoms with Crippen LogP contribution in [0.15, 0.2) is 24.3 Å². The lowest BCUT2D eigenvalue weighted by Gasteiger charge is -2.30. The maximum Gasteiger partial charge on any atom is 0.234 e. The molecule has 0 radical (unpaired) electrons. The molecule has 1 saturated heterocycles. The van der Waals surface area contributed by atoms with E-state index in [1.54, 1.807) is 0 Å². The van der Waals surface area contributed by atoms with E-state index in [0.717, 1.165) is 31.5 Å². The Bertz CT molecular complexity index is 447. The summed E-state index contributed by atoms with van der Waals surface area (Å²) >= 11 is 6.03. The van der Waals surface area contributed by atoms with Crippen LogP contribution < -0.4 is 5.32 Å². The Hall–Kier alpha value is -1.13. The van der Waals surface area contributed by atoms with Crippen LogP contribution in [0.1, 0.15) is 18.4 Å². The number of hydrogen-bond donors (Lipinski definition) is 1. The second kappa shape index (κ2) is 7.60. The molecule has 1 aliphatic rings. The van der Waals surface area contributed by atoms with Crippen LogP contribution in [0.3, 0.4) is 0 Å². The number of rotatable bonds is 5. The van der Waals surface area contributed by atoms with E-state index in [2.05, 4.69) is 10.2 Å². The predicted octanol–water partition coefficient (Wildman–Crippen LogP) is 2.64. The van der Waals surface area contributed by atoms with Gasteiger partial charge in [-0.1, -0.05) is 29.8 Å². The fourth-order valence-electron chi connectivity index (χ4n) is 2.39. The molecule has 0 atom stereocenters. The molecule has 20 heavy (non-hydrogen) atoms. The molecule has 1 aromatic carbocycles. The lowest BCUT2D eigenvalue weighted by molar-refractivity contribution is -0.122. The van der Waals surface area contributed by atoms with Crippen LogP contribution in [0.5, 0.6) is 0 Å². The third kappa shape index (κ3) is 4.46. The molecule has 1 aromatic rings. The van der Waals surface area contributed by atoms with E-state index in [-0.39, 0.29) is 18.5 Å². The van der Waals surface area contributed by atoms with Crippen LogP contribution in [-0.2, 0) is 11.3 Å². The summed E-state index contributed by atoms with van der Waals surface area (Å²) in [6.45, 7) is 2.18. The number of amides is 1. The minimum absolute atomic E-state index is 0.0105. The monoisotopic (exact) mass is 298 g/mol. The summed E-state index contributed by atoms with van der Waals surface area (Å²) < 4.78 is 12.5. The van der Waals surface area contributed by atoms with E-state index in [1.165, 1.54) is 0 Å². The lowest BCUT2D eigenvalue weighted by atomic mass is 9.98. The number of piperidine rings is 1. The fourth-order valence-corrected chi connectivity index (χ4v) is 2.60. The van der Waals surface area contributed by atoms with Crippen LogP contribution in [0.4, 0.5) is 4.39 Å². The van der Waals surface area contributed by atoms with Crippen LogP contribution in [0.25, 0.3) is 0 Å². The topological polar surface area (TPSA) is 32.3 Å². The molecule has 3 nitrogen and oxygen atoms in total. The molecule has 0 spiro atoms. The maximum absolute atomic E-state index is 12.5. The van der Waals surface area contributed by atoms with Gasteiger partial charge in [0.05, 0.1) is 13.2 Å². The minimum Gasteiger partial charge on any atom is -0.351 e. The number of hydrogen-bond acceptors (Lipinski definition) is 2. The van der Waals surface area contributed by atoms with Crippen LogP contribution in [0, 0.1) is 5.92 Å². The van der Waals surface area contributed by atoms with Crippen molar-refractivity contribution in [3.8, 4) is 0 Å². The SMILES string of the molecule is O=C(CN1CCC(CF)CC1)NCc1ccccc1Cl. The molecule has 1 heterocycles. The maximum atomic E-state index is 12.5. The average Bonchev–Trinajstić information content (AvgIpc) is 2.47. The molecule has 0 saturated carbocycles. The summed E-state index contributed by atoms with van der Waals surface area (Å²) in [6.07, 6.45) is 1.68. The summed E-state index contributed by atoms with van der Waals surface area (Å²) in [4.78, 5) is 14.0. The Balaban J connectivity index is 1.72. The second-order valence-electron chi connectivity index (χ2n) is 5.24. The summed E-state index contributed by atoms with van der Waals surface area (Å²) in [7, 11) is 0. The smallest absolute Gasteiger partial charge is 0.234 e. The van der Waals surface area contributed by atoms with Crippen molar-refractivity contribution >= 4 is 17.5 Å². The fraction of sp³-hybridized carbons (Fsp3) is 0.533. The highest BCUT2D eigenvalue weighted by atomic mass is 35.5. The van der Waals surface area contributed by atoms with Gasteiger partial charge < -0.3 is 5.32 Å². The van der Waals surface area contributed by atoms with Crippen molar-refractivity contribution in [2.45, 2.75) is 19.4 Å². The Morgan fingerprint density at radius 2 is 2.05 bits per heavy atom. The number of benzene rings is 1. The molecule has 110 valence electrons. The molecule has 1 fully saturated rings. The first-order valence-corrected chi connectivity index (χ1v) is 7.35. The van der Waals surface area contributed by atoms with E-state index in [0.29, 0.717) is 18.1 Å². The highest BCUT2D eigenvalue weighted by molar-refractivity contribution is 6.31. The lowest BCUT2D eigenvalue weighted by Crippen LogP contribution is -2.41. The van der Waals surface area contributed by atoms with E-state index >= 15 is 0 Å². The van der Waals surface area contributed by atoms with E-state index < -0.39 is 0 Å². The van der Waals surface area contributed by atoms with Gasteiger partial charge in [-0.05, 0) is 43.5 Å². The van der Waals surface area contributed by atoms with Gasteiger partial charge in [0.2, 0.25) is 5.91 Å². The summed E-state index contributed by atoms with van der Waals surface area (Å²) in [5, 5.41) is 3.54. The summed E-state index contributed by atoms with van der Waals surface area (Å²) in [5.41, 5.74) is 0.915. The third-order valence-corrected chi connectivity index (χ3v) is 4.10. The molecular formula is C15H20ClFN2O. The largest absolute Gasteiger partial charge is 0.351 e. The number of alkyl halides is 1. The zero-order chi connectivity index (χ0) is 14.4.